The van der Waals surface area contributed by atoms with E-state index < -0.39 is 0 Å². The number of fused-ring (bicyclic) bond motifs is 1. The minimum absolute atomic E-state index is 0.00604. The molecule has 0 aliphatic carbocycles. The summed E-state index contributed by atoms with van der Waals surface area (Å²) in [7, 11) is 3.26. The van der Waals surface area contributed by atoms with Crippen LogP contribution in [0.2, 0.25) is 0 Å². The highest BCUT2D eigenvalue weighted by atomic mass is 19.1. The summed E-state index contributed by atoms with van der Waals surface area (Å²) in [5.41, 5.74) is 3.39. The Labute approximate surface area is 183 Å². The van der Waals surface area contributed by atoms with Gasteiger partial charge in [-0.1, -0.05) is 12.1 Å². The van der Waals surface area contributed by atoms with E-state index in [0.29, 0.717) is 11.5 Å². The van der Waals surface area contributed by atoms with Crippen LogP contribution in [0.25, 0.3) is 0 Å². The maximum Gasteiger partial charge on any atom is 0.315 e. The van der Waals surface area contributed by atoms with E-state index in [1.54, 1.807) is 14.2 Å². The SMILES string of the molecule is COc1cc2c(cc1OC)[C@@H]([C@@H](C)NC(=O)NC(C)C)[NH+](Cc1ccc(F)cc1)CC2. The largest absolute Gasteiger partial charge is 0.493 e. The highest BCUT2D eigenvalue weighted by molar-refractivity contribution is 5.74. The number of halogens is 1. The van der Waals surface area contributed by atoms with Crippen LogP contribution in [-0.2, 0) is 13.0 Å². The second-order valence-electron chi connectivity index (χ2n) is 8.41. The molecular formula is C24H33FN3O3+. The van der Waals surface area contributed by atoms with Crippen molar-refractivity contribution < 1.29 is 23.6 Å². The molecule has 2 aromatic rings. The molecule has 0 fully saturated rings. The Morgan fingerprint density at radius 1 is 1.10 bits per heavy atom. The highest BCUT2D eigenvalue weighted by Crippen LogP contribution is 2.35. The van der Waals surface area contributed by atoms with Crippen molar-refractivity contribution in [2.45, 2.75) is 51.9 Å². The lowest BCUT2D eigenvalue weighted by Gasteiger charge is -2.38. The Bertz CT molecular complexity index is 902. The monoisotopic (exact) mass is 430 g/mol. The lowest BCUT2D eigenvalue weighted by atomic mass is 9.87. The van der Waals surface area contributed by atoms with Gasteiger partial charge >= 0.3 is 6.03 Å². The molecular weight excluding hydrogens is 397 g/mol. The minimum Gasteiger partial charge on any atom is -0.493 e. The van der Waals surface area contributed by atoms with E-state index >= 15 is 0 Å². The Morgan fingerprint density at radius 2 is 1.74 bits per heavy atom. The maximum absolute atomic E-state index is 13.4. The molecule has 2 amide bonds. The number of rotatable bonds is 7. The van der Waals surface area contributed by atoms with Crippen LogP contribution in [0.15, 0.2) is 36.4 Å². The number of quaternary nitrogens is 1. The molecule has 0 saturated heterocycles. The molecule has 7 heteroatoms. The molecule has 3 N–H and O–H groups in total. The first-order chi connectivity index (χ1) is 14.8. The standard InChI is InChI=1S/C24H32FN3O3/c1-15(2)26-24(29)27-16(3)23-20-13-22(31-5)21(30-4)12-18(20)10-11-28(23)14-17-6-8-19(25)9-7-17/h6-9,12-13,15-16,23H,10-11,14H2,1-5H3,(H2,26,27,29)/p+1/t16-,23-/m1/s1. The van der Waals surface area contributed by atoms with E-state index in [9.17, 15) is 9.18 Å². The number of nitrogens with one attached hydrogen (secondary N) is 3. The van der Waals surface area contributed by atoms with Crippen LogP contribution in [0, 0.1) is 5.82 Å². The van der Waals surface area contributed by atoms with Crippen molar-refractivity contribution in [1.82, 2.24) is 10.6 Å². The number of ether oxygens (including phenoxy) is 2. The second-order valence-corrected chi connectivity index (χ2v) is 8.41. The zero-order valence-corrected chi connectivity index (χ0v) is 18.9. The predicted octanol–water partition coefficient (Wildman–Crippen LogP) is 2.62. The highest BCUT2D eigenvalue weighted by Gasteiger charge is 2.37. The van der Waals surface area contributed by atoms with Crippen LogP contribution < -0.4 is 25.0 Å². The first kappa shape index (κ1) is 22.9. The van der Waals surface area contributed by atoms with E-state index in [1.807, 2.05) is 45.0 Å². The third-order valence-electron chi connectivity index (χ3n) is 5.76. The van der Waals surface area contributed by atoms with Gasteiger partial charge in [0.25, 0.3) is 0 Å². The smallest absolute Gasteiger partial charge is 0.315 e. The third-order valence-corrected chi connectivity index (χ3v) is 5.76. The van der Waals surface area contributed by atoms with Crippen molar-refractivity contribution in [3.05, 3.63) is 58.9 Å². The van der Waals surface area contributed by atoms with Crippen molar-refractivity contribution in [3.63, 3.8) is 0 Å². The van der Waals surface area contributed by atoms with E-state index in [1.165, 1.54) is 22.6 Å². The van der Waals surface area contributed by atoms with Gasteiger partial charge in [-0.3, -0.25) is 0 Å². The first-order valence-electron chi connectivity index (χ1n) is 10.7. The van der Waals surface area contributed by atoms with Gasteiger partial charge in [0.1, 0.15) is 18.4 Å². The second kappa shape index (κ2) is 10.0. The van der Waals surface area contributed by atoms with Crippen LogP contribution in [-0.4, -0.2) is 38.9 Å². The number of urea groups is 1. The summed E-state index contributed by atoms with van der Waals surface area (Å²) in [6, 6.07) is 10.4. The zero-order valence-electron chi connectivity index (χ0n) is 18.9. The molecule has 168 valence electrons. The van der Waals surface area contributed by atoms with Gasteiger partial charge in [0.15, 0.2) is 11.5 Å². The molecule has 1 aliphatic rings. The van der Waals surface area contributed by atoms with Gasteiger partial charge in [0.05, 0.1) is 26.8 Å². The van der Waals surface area contributed by atoms with E-state index in [-0.39, 0.29) is 30.0 Å². The molecule has 0 saturated carbocycles. The molecule has 0 radical (unpaired) electrons. The maximum atomic E-state index is 13.4. The lowest BCUT2D eigenvalue weighted by molar-refractivity contribution is -0.948. The Kier molecular flexibility index (Phi) is 7.38. The fraction of sp³-hybridized carbons (Fsp3) is 0.458. The number of methoxy groups -OCH3 is 2. The third kappa shape index (κ3) is 5.47. The number of hydrogen-bond donors (Lipinski definition) is 3. The number of hydrogen-bond acceptors (Lipinski definition) is 3. The average Bonchev–Trinajstić information content (AvgIpc) is 2.73. The molecule has 2 aromatic carbocycles. The van der Waals surface area contributed by atoms with Crippen molar-refractivity contribution >= 4 is 6.03 Å². The van der Waals surface area contributed by atoms with Gasteiger partial charge in [-0.05, 0) is 50.6 Å². The van der Waals surface area contributed by atoms with Gasteiger partial charge in [-0.25, -0.2) is 9.18 Å². The quantitative estimate of drug-likeness (QED) is 0.633. The Balaban J connectivity index is 1.95. The van der Waals surface area contributed by atoms with Crippen molar-refractivity contribution in [1.29, 1.82) is 0 Å². The topological polar surface area (TPSA) is 64.0 Å². The van der Waals surface area contributed by atoms with Crippen LogP contribution in [0.5, 0.6) is 11.5 Å². The van der Waals surface area contributed by atoms with Gasteiger partial charge in [0, 0.05) is 23.6 Å². The summed E-state index contributed by atoms with van der Waals surface area (Å²) in [6.07, 6.45) is 0.883. The first-order valence-corrected chi connectivity index (χ1v) is 10.7. The number of amides is 2. The molecule has 1 unspecified atom stereocenters. The van der Waals surface area contributed by atoms with Crippen LogP contribution in [0.3, 0.4) is 0 Å². The number of carbonyl (C=O) groups excluding carboxylic acids is 1. The lowest BCUT2D eigenvalue weighted by Crippen LogP contribution is -3.13. The van der Waals surface area contributed by atoms with Gasteiger partial charge in [-0.2, -0.15) is 0 Å². The Hall–Kier alpha value is -2.80. The fourth-order valence-corrected chi connectivity index (χ4v) is 4.39. The van der Waals surface area contributed by atoms with E-state index in [2.05, 4.69) is 10.6 Å². The van der Waals surface area contributed by atoms with Gasteiger partial charge < -0.3 is 25.0 Å². The summed E-state index contributed by atoms with van der Waals surface area (Å²) < 4.78 is 24.4. The molecule has 6 nitrogen and oxygen atoms in total. The summed E-state index contributed by atoms with van der Waals surface area (Å²) in [5, 5.41) is 6.01. The molecule has 0 aromatic heterocycles. The van der Waals surface area contributed by atoms with Crippen molar-refractivity contribution in [3.8, 4) is 11.5 Å². The van der Waals surface area contributed by atoms with Gasteiger partial charge in [-0.15, -0.1) is 0 Å². The predicted molar refractivity (Wildman–Crippen MR) is 118 cm³/mol. The summed E-state index contributed by atoms with van der Waals surface area (Å²) >= 11 is 0. The fourth-order valence-electron chi connectivity index (χ4n) is 4.39. The number of benzene rings is 2. The van der Waals surface area contributed by atoms with E-state index in [4.69, 9.17) is 9.47 Å². The van der Waals surface area contributed by atoms with Crippen LogP contribution >= 0.6 is 0 Å². The average molecular weight is 431 g/mol. The summed E-state index contributed by atoms with van der Waals surface area (Å²) in [4.78, 5) is 13.7. The zero-order chi connectivity index (χ0) is 22.5. The summed E-state index contributed by atoms with van der Waals surface area (Å²) in [6.45, 7) is 7.52. The van der Waals surface area contributed by atoms with Crippen molar-refractivity contribution in [2.24, 2.45) is 0 Å². The molecule has 31 heavy (non-hydrogen) atoms. The van der Waals surface area contributed by atoms with Crippen LogP contribution in [0.1, 0.15) is 43.5 Å². The molecule has 0 bridgehead atoms. The molecule has 1 heterocycles. The molecule has 1 aliphatic heterocycles. The number of carbonyl (C=O) groups is 1. The van der Waals surface area contributed by atoms with Crippen molar-refractivity contribution in [2.75, 3.05) is 20.8 Å². The Morgan fingerprint density at radius 3 is 2.35 bits per heavy atom. The van der Waals surface area contributed by atoms with E-state index in [0.717, 1.165) is 30.6 Å². The molecule has 3 rings (SSSR count). The van der Waals surface area contributed by atoms with Crippen LogP contribution in [0.4, 0.5) is 9.18 Å². The van der Waals surface area contributed by atoms with Gasteiger partial charge in [0.2, 0.25) is 0 Å². The molecule has 0 spiro atoms. The minimum atomic E-state index is -0.239. The normalized spacial score (nSPS) is 18.8. The molecule has 3 atom stereocenters. The summed E-state index contributed by atoms with van der Waals surface area (Å²) in [5.74, 6) is 1.14.